The fourth-order valence-corrected chi connectivity index (χ4v) is 9.35. The number of ether oxygens (including phenoxy) is 1. The van der Waals surface area contributed by atoms with Gasteiger partial charge in [-0.2, -0.15) is 0 Å². The van der Waals surface area contributed by atoms with Crippen molar-refractivity contribution in [2.45, 2.75) is 6.61 Å². The normalized spacial score (nSPS) is 12.2. The Bertz CT molecular complexity index is 3390. The molecule has 0 unspecified atom stereocenters. The van der Waals surface area contributed by atoms with Gasteiger partial charge in [0, 0.05) is 32.7 Å². The number of para-hydroxylation sites is 3. The molecule has 0 aliphatic carbocycles. The van der Waals surface area contributed by atoms with Crippen molar-refractivity contribution in [3.05, 3.63) is 212 Å². The maximum Gasteiger partial charge on any atom is 0.129 e. The number of hydrogen-bond donors (Lipinski definition) is 0. The van der Waals surface area contributed by atoms with Crippen LogP contribution in [0, 0.1) is 0 Å². The summed E-state index contributed by atoms with van der Waals surface area (Å²) in [7, 11) is 0. The maximum absolute atomic E-state index is 6.32. The van der Waals surface area contributed by atoms with E-state index < -0.39 is 0 Å². The van der Waals surface area contributed by atoms with Gasteiger partial charge >= 0.3 is 0 Å². The zero-order valence-electron chi connectivity index (χ0n) is 31.6. The minimum atomic E-state index is 0.585. The van der Waals surface area contributed by atoms with Crippen LogP contribution in [0.3, 0.4) is 0 Å². The van der Waals surface area contributed by atoms with Crippen LogP contribution >= 0.6 is 0 Å². The molecule has 0 saturated carbocycles. The average molecular weight is 741 g/mol. The standard InChI is InChI=1S/C55H36N2O/c1-2-13-36(14-3-1)37-25-27-38(28-26-37)42-16-6-9-20-48(42)56-49-21-10-7-18-44(49)46-33-39(29-31-51(46)56)40-30-32-52-47(34-40)45-19-8-11-22-50(45)57(52)53-23-12-24-54-55(53)43-17-5-4-15-41(43)35-58-54/h1-34H,35H2. The molecule has 3 heterocycles. The van der Waals surface area contributed by atoms with Crippen LogP contribution in [-0.2, 0) is 6.61 Å². The Morgan fingerprint density at radius 1 is 0.328 bits per heavy atom. The van der Waals surface area contributed by atoms with Gasteiger partial charge in [-0.1, -0.05) is 152 Å². The number of nitrogens with zero attached hydrogens (tertiary/aromatic N) is 2. The fourth-order valence-electron chi connectivity index (χ4n) is 9.35. The van der Waals surface area contributed by atoms with Gasteiger partial charge in [0.2, 0.25) is 0 Å². The van der Waals surface area contributed by atoms with Gasteiger partial charge in [0.05, 0.1) is 33.4 Å². The first kappa shape index (κ1) is 32.6. The fraction of sp³-hybridized carbons (Fsp3) is 0.0182. The molecule has 3 heteroatoms. The van der Waals surface area contributed by atoms with Crippen LogP contribution in [0.25, 0.3) is 99.5 Å². The van der Waals surface area contributed by atoms with Gasteiger partial charge < -0.3 is 13.9 Å². The van der Waals surface area contributed by atoms with E-state index >= 15 is 0 Å². The summed E-state index contributed by atoms with van der Waals surface area (Å²) in [6.07, 6.45) is 0. The summed E-state index contributed by atoms with van der Waals surface area (Å²) in [5.41, 5.74) is 17.8. The first-order valence-electron chi connectivity index (χ1n) is 19.9. The van der Waals surface area contributed by atoms with E-state index in [1.54, 1.807) is 0 Å². The molecule has 0 N–H and O–H groups in total. The molecule has 0 saturated heterocycles. The van der Waals surface area contributed by atoms with Gasteiger partial charge in [-0.3, -0.25) is 0 Å². The van der Waals surface area contributed by atoms with E-state index in [1.807, 2.05) is 0 Å². The number of hydrogen-bond acceptors (Lipinski definition) is 1. The number of rotatable bonds is 5. The van der Waals surface area contributed by atoms with Gasteiger partial charge in [0.25, 0.3) is 0 Å². The quantitative estimate of drug-likeness (QED) is 0.172. The van der Waals surface area contributed by atoms with Gasteiger partial charge in [-0.05, 0) is 93.5 Å². The Hall–Kier alpha value is -7.62. The Morgan fingerprint density at radius 3 is 1.53 bits per heavy atom. The summed E-state index contributed by atoms with van der Waals surface area (Å²) in [5.74, 6) is 0.926. The third-order valence-corrected chi connectivity index (χ3v) is 12.0. The van der Waals surface area contributed by atoms with Crippen LogP contribution in [0.1, 0.15) is 5.56 Å². The third-order valence-electron chi connectivity index (χ3n) is 12.0. The molecule has 9 aromatic carbocycles. The Kier molecular flexibility index (Phi) is 7.29. The highest BCUT2D eigenvalue weighted by molar-refractivity contribution is 6.13. The van der Waals surface area contributed by atoms with Crippen molar-refractivity contribution < 1.29 is 4.74 Å². The Balaban J connectivity index is 1.00. The number of aromatic nitrogens is 2. The first-order valence-corrected chi connectivity index (χ1v) is 19.9. The molecule has 1 aliphatic heterocycles. The lowest BCUT2D eigenvalue weighted by molar-refractivity contribution is 0.302. The lowest BCUT2D eigenvalue weighted by Gasteiger charge is -2.24. The molecule has 0 bridgehead atoms. The highest BCUT2D eigenvalue weighted by Gasteiger charge is 2.24. The molecule has 0 fully saturated rings. The van der Waals surface area contributed by atoms with Crippen molar-refractivity contribution in [3.63, 3.8) is 0 Å². The van der Waals surface area contributed by atoms with Crippen LogP contribution < -0.4 is 4.74 Å². The molecule has 2 aromatic heterocycles. The molecular formula is C55H36N2O. The largest absolute Gasteiger partial charge is 0.488 e. The van der Waals surface area contributed by atoms with Crippen molar-refractivity contribution in [3.8, 4) is 61.6 Å². The first-order chi connectivity index (χ1) is 28.8. The number of benzene rings is 9. The third kappa shape index (κ3) is 5.00. The van der Waals surface area contributed by atoms with Crippen molar-refractivity contribution in [1.82, 2.24) is 9.13 Å². The van der Waals surface area contributed by atoms with E-state index in [4.69, 9.17) is 4.74 Å². The SMILES string of the molecule is c1ccc(-c2ccc(-c3ccccc3-n3c4ccccc4c4cc(-c5ccc6c(c5)c5ccccc5n6-c5cccc6c5-c5ccccc5CO6)ccc43)cc2)cc1. The molecule has 0 amide bonds. The second kappa shape index (κ2) is 13.0. The summed E-state index contributed by atoms with van der Waals surface area (Å²) < 4.78 is 11.2. The smallest absolute Gasteiger partial charge is 0.129 e. The van der Waals surface area contributed by atoms with Gasteiger partial charge in [-0.15, -0.1) is 0 Å². The van der Waals surface area contributed by atoms with Gasteiger partial charge in [-0.25, -0.2) is 0 Å². The summed E-state index contributed by atoms with van der Waals surface area (Å²) >= 11 is 0. The van der Waals surface area contributed by atoms with Crippen LogP contribution in [0.15, 0.2) is 206 Å². The van der Waals surface area contributed by atoms with Crippen molar-refractivity contribution in [2.24, 2.45) is 0 Å². The van der Waals surface area contributed by atoms with Crippen LogP contribution in [-0.4, -0.2) is 9.13 Å². The summed E-state index contributed by atoms with van der Waals surface area (Å²) in [6.45, 7) is 0.585. The van der Waals surface area contributed by atoms with E-state index in [0.717, 1.165) is 17.0 Å². The van der Waals surface area contributed by atoms with Crippen molar-refractivity contribution in [1.29, 1.82) is 0 Å². The maximum atomic E-state index is 6.32. The second-order valence-corrected chi connectivity index (χ2v) is 15.2. The lowest BCUT2D eigenvalue weighted by atomic mass is 9.95. The molecular weight excluding hydrogens is 705 g/mol. The monoisotopic (exact) mass is 740 g/mol. The zero-order chi connectivity index (χ0) is 38.2. The Morgan fingerprint density at radius 2 is 0.828 bits per heavy atom. The van der Waals surface area contributed by atoms with E-state index in [-0.39, 0.29) is 0 Å². The van der Waals surface area contributed by atoms with Crippen LogP contribution in [0.2, 0.25) is 0 Å². The topological polar surface area (TPSA) is 19.1 Å². The minimum absolute atomic E-state index is 0.585. The molecule has 0 atom stereocenters. The van der Waals surface area contributed by atoms with Crippen LogP contribution in [0.5, 0.6) is 5.75 Å². The molecule has 0 spiro atoms. The molecule has 12 rings (SSSR count). The Labute approximate surface area is 336 Å². The second-order valence-electron chi connectivity index (χ2n) is 15.2. The van der Waals surface area contributed by atoms with E-state index in [9.17, 15) is 0 Å². The lowest BCUT2D eigenvalue weighted by Crippen LogP contribution is -2.08. The van der Waals surface area contributed by atoms with Gasteiger partial charge in [0.15, 0.2) is 0 Å². The van der Waals surface area contributed by atoms with Gasteiger partial charge in [0.1, 0.15) is 12.4 Å². The zero-order valence-corrected chi connectivity index (χ0v) is 31.6. The predicted molar refractivity (Wildman–Crippen MR) is 241 cm³/mol. The molecule has 272 valence electrons. The van der Waals surface area contributed by atoms with E-state index in [2.05, 4.69) is 215 Å². The van der Waals surface area contributed by atoms with E-state index in [1.165, 1.54) is 93.8 Å². The van der Waals surface area contributed by atoms with Crippen molar-refractivity contribution in [2.75, 3.05) is 0 Å². The minimum Gasteiger partial charge on any atom is -0.488 e. The van der Waals surface area contributed by atoms with Crippen molar-refractivity contribution >= 4 is 43.6 Å². The molecule has 11 aromatic rings. The highest BCUT2D eigenvalue weighted by atomic mass is 16.5. The highest BCUT2D eigenvalue weighted by Crippen LogP contribution is 2.45. The summed E-state index contributed by atoms with van der Waals surface area (Å²) in [4.78, 5) is 0. The summed E-state index contributed by atoms with van der Waals surface area (Å²) in [6, 6.07) is 74.9. The molecule has 3 nitrogen and oxygen atoms in total. The predicted octanol–water partition coefficient (Wildman–Crippen LogP) is 14.4. The molecule has 1 aliphatic rings. The van der Waals surface area contributed by atoms with E-state index in [0.29, 0.717) is 6.61 Å². The van der Waals surface area contributed by atoms with Crippen LogP contribution in [0.4, 0.5) is 0 Å². The average Bonchev–Trinajstić information content (AvgIpc) is 3.81. The number of fused-ring (bicyclic) bond motifs is 9. The molecule has 0 radical (unpaired) electrons. The molecule has 58 heavy (non-hydrogen) atoms. The summed E-state index contributed by atoms with van der Waals surface area (Å²) in [5, 5.41) is 4.93.